The second-order valence-electron chi connectivity index (χ2n) is 9.77. The summed E-state index contributed by atoms with van der Waals surface area (Å²) in [4.78, 5) is 22.1. The maximum Gasteiger partial charge on any atom is 0.257 e. The highest BCUT2D eigenvalue weighted by Crippen LogP contribution is 2.30. The van der Waals surface area contributed by atoms with Gasteiger partial charge in [0.1, 0.15) is 11.6 Å². The van der Waals surface area contributed by atoms with Crippen molar-refractivity contribution in [2.24, 2.45) is 5.92 Å². The number of pyridine rings is 1. The number of furan rings is 1. The van der Waals surface area contributed by atoms with Gasteiger partial charge in [-0.15, -0.1) is 0 Å². The predicted molar refractivity (Wildman–Crippen MR) is 139 cm³/mol. The van der Waals surface area contributed by atoms with E-state index in [9.17, 15) is 9.18 Å². The molecule has 1 fully saturated rings. The minimum atomic E-state index is -0.218. The minimum Gasteiger partial charge on any atom is -0.469 e. The zero-order chi connectivity index (χ0) is 25.1. The number of piperidine rings is 1. The summed E-state index contributed by atoms with van der Waals surface area (Å²) >= 11 is 0. The first-order valence-electron chi connectivity index (χ1n) is 12.6. The van der Waals surface area contributed by atoms with Crippen LogP contribution in [-0.2, 0) is 13.0 Å². The molecule has 1 aliphatic heterocycles. The largest absolute Gasteiger partial charge is 0.469 e. The Morgan fingerprint density at radius 1 is 1.08 bits per heavy atom. The lowest BCUT2D eigenvalue weighted by atomic mass is 9.84. The lowest BCUT2D eigenvalue weighted by Gasteiger charge is -2.40. The van der Waals surface area contributed by atoms with Crippen LogP contribution in [0.2, 0.25) is 0 Å². The molecule has 3 heterocycles. The van der Waals surface area contributed by atoms with Gasteiger partial charge >= 0.3 is 0 Å². The highest BCUT2D eigenvalue weighted by Gasteiger charge is 2.33. The number of amides is 1. The number of carbonyl (C=O) groups excluding carboxylic acids is 1. The van der Waals surface area contributed by atoms with E-state index in [1.54, 1.807) is 30.2 Å². The second kappa shape index (κ2) is 10.6. The molecular weight excluding hydrogens is 453 g/mol. The van der Waals surface area contributed by atoms with Crippen LogP contribution in [0.25, 0.3) is 10.9 Å². The third kappa shape index (κ3) is 5.05. The average Bonchev–Trinajstić information content (AvgIpc) is 3.34. The number of nitrogens with zero attached hydrogens (tertiary/aromatic N) is 3. The van der Waals surface area contributed by atoms with Gasteiger partial charge in [-0.1, -0.05) is 36.4 Å². The first kappa shape index (κ1) is 24.2. The number of aryl methyl sites for hydroxylation is 1. The zero-order valence-electron chi connectivity index (χ0n) is 20.9. The van der Waals surface area contributed by atoms with Gasteiger partial charge in [0.25, 0.3) is 5.91 Å². The van der Waals surface area contributed by atoms with Gasteiger partial charge in [-0.25, -0.2) is 4.39 Å². The summed E-state index contributed by atoms with van der Waals surface area (Å²) in [5.41, 5.74) is 3.52. The van der Waals surface area contributed by atoms with Gasteiger partial charge in [0.15, 0.2) is 0 Å². The number of likely N-dealkylation sites (tertiary alicyclic amines) is 1. The van der Waals surface area contributed by atoms with E-state index >= 15 is 0 Å². The summed E-state index contributed by atoms with van der Waals surface area (Å²) in [6.07, 6.45) is 5.76. The van der Waals surface area contributed by atoms with E-state index in [4.69, 9.17) is 4.42 Å². The van der Waals surface area contributed by atoms with Gasteiger partial charge < -0.3 is 9.32 Å². The average molecular weight is 486 g/mol. The highest BCUT2D eigenvalue weighted by atomic mass is 19.1. The fraction of sp³-hybridized carbons (Fsp3) is 0.333. The quantitative estimate of drug-likeness (QED) is 0.328. The first-order valence-corrected chi connectivity index (χ1v) is 12.6. The maximum absolute atomic E-state index is 14.6. The van der Waals surface area contributed by atoms with Crippen LogP contribution in [0.1, 0.15) is 40.1 Å². The Balaban J connectivity index is 1.32. The molecule has 5 rings (SSSR count). The van der Waals surface area contributed by atoms with Crippen molar-refractivity contribution in [3.8, 4) is 0 Å². The predicted octanol–water partition coefficient (Wildman–Crippen LogP) is 5.87. The number of aromatic nitrogens is 1. The Morgan fingerprint density at radius 3 is 2.61 bits per heavy atom. The third-order valence-electron chi connectivity index (χ3n) is 7.60. The standard InChI is InChI=1S/C30H32FN3O2/c1-21-25(14-18-36-21)30(35)33(2)29(19-23-7-3-4-10-27(23)31)22-12-16-34(17-13-22)20-24-8-5-11-28-26(24)9-6-15-32-28/h3-11,14-15,18,22,29H,12-13,16-17,19-20H2,1-2H3. The van der Waals surface area contributed by atoms with Gasteiger partial charge in [-0.3, -0.25) is 14.7 Å². The summed E-state index contributed by atoms with van der Waals surface area (Å²) < 4.78 is 20.0. The molecule has 2 aromatic carbocycles. The number of likely N-dealkylation sites (N-methyl/N-ethyl adjacent to an activating group) is 1. The van der Waals surface area contributed by atoms with Crippen LogP contribution in [0.5, 0.6) is 0 Å². The molecule has 1 saturated heterocycles. The van der Waals surface area contributed by atoms with E-state index in [1.807, 2.05) is 37.5 Å². The van der Waals surface area contributed by atoms with Crippen LogP contribution in [-0.4, -0.2) is 46.9 Å². The fourth-order valence-electron chi connectivity index (χ4n) is 5.50. The van der Waals surface area contributed by atoms with Gasteiger partial charge in [0.2, 0.25) is 0 Å². The summed E-state index contributed by atoms with van der Waals surface area (Å²) in [5, 5.41) is 1.19. The molecule has 0 aliphatic carbocycles. The van der Waals surface area contributed by atoms with Crippen molar-refractivity contribution in [2.75, 3.05) is 20.1 Å². The molecule has 0 bridgehead atoms. The molecular formula is C30H32FN3O2. The third-order valence-corrected chi connectivity index (χ3v) is 7.60. The van der Waals surface area contributed by atoms with Crippen LogP contribution in [0, 0.1) is 18.7 Å². The monoisotopic (exact) mass is 485 g/mol. The Labute approximate surface area is 211 Å². The van der Waals surface area contributed by atoms with E-state index in [-0.39, 0.29) is 23.7 Å². The maximum atomic E-state index is 14.6. The van der Waals surface area contributed by atoms with Crippen molar-refractivity contribution in [3.05, 3.63) is 101 Å². The Bertz CT molecular complexity index is 1340. The van der Waals surface area contributed by atoms with Gasteiger partial charge in [0.05, 0.1) is 17.3 Å². The highest BCUT2D eigenvalue weighted by molar-refractivity contribution is 5.95. The fourth-order valence-corrected chi connectivity index (χ4v) is 5.50. The number of hydrogen-bond acceptors (Lipinski definition) is 4. The van der Waals surface area contributed by atoms with Gasteiger partial charge in [-0.05, 0) is 80.6 Å². The molecule has 6 heteroatoms. The summed E-state index contributed by atoms with van der Waals surface area (Å²) in [7, 11) is 1.84. The Morgan fingerprint density at radius 2 is 1.86 bits per heavy atom. The summed E-state index contributed by atoms with van der Waals surface area (Å²) in [5.74, 6) is 0.588. The van der Waals surface area contributed by atoms with E-state index < -0.39 is 0 Å². The topological polar surface area (TPSA) is 49.6 Å². The van der Waals surface area contributed by atoms with Crippen LogP contribution >= 0.6 is 0 Å². The molecule has 1 aliphatic rings. The molecule has 0 spiro atoms. The summed E-state index contributed by atoms with van der Waals surface area (Å²) in [6, 6.07) is 18.9. The Hall–Kier alpha value is -3.51. The summed E-state index contributed by atoms with van der Waals surface area (Å²) in [6.45, 7) is 4.54. The molecule has 4 aromatic rings. The van der Waals surface area contributed by atoms with E-state index in [0.717, 1.165) is 38.0 Å². The van der Waals surface area contributed by atoms with E-state index in [0.29, 0.717) is 23.3 Å². The molecule has 1 amide bonds. The number of hydrogen-bond donors (Lipinski definition) is 0. The van der Waals surface area contributed by atoms with Crippen LogP contribution < -0.4 is 0 Å². The molecule has 36 heavy (non-hydrogen) atoms. The molecule has 2 aromatic heterocycles. The zero-order valence-corrected chi connectivity index (χ0v) is 20.9. The van der Waals surface area contributed by atoms with Crippen molar-refractivity contribution in [3.63, 3.8) is 0 Å². The molecule has 186 valence electrons. The molecule has 1 atom stereocenters. The second-order valence-corrected chi connectivity index (χ2v) is 9.77. The number of halogens is 1. The van der Waals surface area contributed by atoms with Crippen LogP contribution in [0.3, 0.4) is 0 Å². The van der Waals surface area contributed by atoms with E-state index in [1.165, 1.54) is 17.0 Å². The van der Waals surface area contributed by atoms with Crippen molar-refractivity contribution in [2.45, 2.75) is 38.8 Å². The van der Waals surface area contributed by atoms with Gasteiger partial charge in [0, 0.05) is 31.2 Å². The lowest BCUT2D eigenvalue weighted by Crippen LogP contribution is -2.47. The molecule has 0 N–H and O–H groups in total. The molecule has 0 radical (unpaired) electrons. The normalized spacial score (nSPS) is 15.8. The SMILES string of the molecule is Cc1occc1C(=O)N(C)C(Cc1ccccc1F)C1CCN(Cc2cccc3ncccc23)CC1. The van der Waals surface area contributed by atoms with Crippen molar-refractivity contribution >= 4 is 16.8 Å². The van der Waals surface area contributed by atoms with Crippen molar-refractivity contribution in [1.82, 2.24) is 14.8 Å². The number of rotatable bonds is 7. The number of fused-ring (bicyclic) bond motifs is 1. The van der Waals surface area contributed by atoms with Crippen molar-refractivity contribution < 1.29 is 13.6 Å². The Kier molecular flexibility index (Phi) is 7.14. The van der Waals surface area contributed by atoms with Crippen molar-refractivity contribution in [1.29, 1.82) is 0 Å². The first-order chi connectivity index (χ1) is 17.5. The lowest BCUT2D eigenvalue weighted by molar-refractivity contribution is 0.0582. The van der Waals surface area contributed by atoms with E-state index in [2.05, 4.69) is 28.1 Å². The molecule has 1 unspecified atom stereocenters. The van der Waals surface area contributed by atoms with Crippen LogP contribution in [0.15, 0.2) is 77.5 Å². The van der Waals surface area contributed by atoms with Gasteiger partial charge in [-0.2, -0.15) is 0 Å². The smallest absolute Gasteiger partial charge is 0.257 e. The van der Waals surface area contributed by atoms with Crippen LogP contribution in [0.4, 0.5) is 4.39 Å². The molecule has 0 saturated carbocycles. The molecule has 5 nitrogen and oxygen atoms in total. The number of carbonyl (C=O) groups is 1. The number of benzene rings is 2. The minimum absolute atomic E-state index is 0.0757.